The number of anilines is 1. The molecule has 0 aliphatic heterocycles. The Kier molecular flexibility index (Phi) is 9.71. The number of carbonyl (C=O) groups is 2. The number of halogens is 1. The van der Waals surface area contributed by atoms with Crippen LogP contribution >= 0.6 is 11.6 Å². The molecule has 2 amide bonds. The number of ether oxygens (including phenoxy) is 1. The monoisotopic (exact) mass is 583 g/mol. The summed E-state index contributed by atoms with van der Waals surface area (Å²) >= 11 is 6.42. The quantitative estimate of drug-likeness (QED) is 0.342. The number of rotatable bonds is 11. The third-order valence-electron chi connectivity index (χ3n) is 7.12. The van der Waals surface area contributed by atoms with E-state index in [0.717, 1.165) is 30.0 Å². The predicted molar refractivity (Wildman–Crippen MR) is 156 cm³/mol. The average Bonchev–Trinajstić information content (AvgIpc) is 3.48. The van der Waals surface area contributed by atoms with E-state index in [1.54, 1.807) is 73.7 Å². The second kappa shape index (κ2) is 13.2. The number of benzene rings is 3. The van der Waals surface area contributed by atoms with E-state index in [0.29, 0.717) is 16.3 Å². The molecule has 1 atom stereocenters. The lowest BCUT2D eigenvalue weighted by atomic mass is 10.1. The molecule has 0 bridgehead atoms. The number of amides is 2. The fourth-order valence-corrected chi connectivity index (χ4v) is 6.42. The number of carbonyl (C=O) groups excluding carboxylic acids is 2. The van der Waals surface area contributed by atoms with Crippen LogP contribution in [-0.4, -0.2) is 50.9 Å². The highest BCUT2D eigenvalue weighted by atomic mass is 35.5. The molecule has 3 aromatic carbocycles. The van der Waals surface area contributed by atoms with Gasteiger partial charge in [0.1, 0.15) is 18.3 Å². The van der Waals surface area contributed by atoms with E-state index in [2.05, 4.69) is 5.32 Å². The van der Waals surface area contributed by atoms with Crippen LogP contribution in [0.4, 0.5) is 5.69 Å². The molecule has 1 unspecified atom stereocenters. The first-order valence-electron chi connectivity index (χ1n) is 13.3. The van der Waals surface area contributed by atoms with Crippen molar-refractivity contribution in [3.8, 4) is 5.75 Å². The summed E-state index contributed by atoms with van der Waals surface area (Å²) in [6.45, 7) is 1.16. The fourth-order valence-electron chi connectivity index (χ4n) is 4.80. The van der Waals surface area contributed by atoms with Crippen LogP contribution in [-0.2, 0) is 26.2 Å². The number of nitrogens with one attached hydrogen (secondary N) is 1. The van der Waals surface area contributed by atoms with Crippen LogP contribution in [0.2, 0.25) is 5.02 Å². The first-order chi connectivity index (χ1) is 19.2. The number of hydrogen-bond acceptors (Lipinski definition) is 5. The summed E-state index contributed by atoms with van der Waals surface area (Å²) in [5, 5.41) is 3.51. The Hall–Kier alpha value is -3.56. The molecule has 1 N–H and O–H groups in total. The van der Waals surface area contributed by atoms with E-state index in [4.69, 9.17) is 16.3 Å². The zero-order chi connectivity index (χ0) is 28.7. The molecule has 0 saturated heterocycles. The largest absolute Gasteiger partial charge is 0.497 e. The van der Waals surface area contributed by atoms with Crippen molar-refractivity contribution in [2.75, 3.05) is 18.0 Å². The zero-order valence-electron chi connectivity index (χ0n) is 22.6. The van der Waals surface area contributed by atoms with Crippen molar-refractivity contribution in [3.05, 3.63) is 89.4 Å². The predicted octanol–water partition coefficient (Wildman–Crippen LogP) is 5.02. The van der Waals surface area contributed by atoms with Gasteiger partial charge in [0.25, 0.3) is 10.0 Å². The number of hydrogen-bond donors (Lipinski definition) is 1. The molecule has 0 aromatic heterocycles. The van der Waals surface area contributed by atoms with Gasteiger partial charge in [0.2, 0.25) is 11.8 Å². The zero-order valence-corrected chi connectivity index (χ0v) is 24.2. The van der Waals surface area contributed by atoms with Crippen LogP contribution in [0.15, 0.2) is 83.8 Å². The smallest absolute Gasteiger partial charge is 0.264 e. The summed E-state index contributed by atoms with van der Waals surface area (Å²) in [5.41, 5.74) is 0.911. The molecule has 212 valence electrons. The van der Waals surface area contributed by atoms with Crippen molar-refractivity contribution >= 4 is 39.1 Å². The molecule has 0 radical (unpaired) electrons. The SMILES string of the molecule is COc1cccc(N(CC(=O)N(Cc2ccccc2Cl)C(C)C(=O)NC2CCCC2)S(=O)(=O)c2ccccc2)c1. The highest BCUT2D eigenvalue weighted by Crippen LogP contribution is 2.28. The second-order valence-corrected chi connectivity index (χ2v) is 12.1. The molecule has 3 aromatic rings. The standard InChI is InChI=1S/C30H34ClN3O5S/c1-22(30(36)32-24-12-7-8-13-24)33(20-23-11-6-9-18-28(23)31)29(35)21-34(25-14-10-15-26(19-25)39-2)40(37,38)27-16-4-3-5-17-27/h3-6,9-11,14-19,22,24H,7-8,12-13,20-21H2,1-2H3,(H,32,36). The first-order valence-corrected chi connectivity index (χ1v) is 15.1. The third kappa shape index (κ3) is 6.95. The van der Waals surface area contributed by atoms with Gasteiger partial charge in [-0.05, 0) is 55.7 Å². The lowest BCUT2D eigenvalue weighted by molar-refractivity contribution is -0.139. The van der Waals surface area contributed by atoms with Gasteiger partial charge in [-0.2, -0.15) is 0 Å². The van der Waals surface area contributed by atoms with Gasteiger partial charge < -0.3 is 15.0 Å². The Labute approximate surface area is 240 Å². The summed E-state index contributed by atoms with van der Waals surface area (Å²) in [4.78, 5) is 28.7. The summed E-state index contributed by atoms with van der Waals surface area (Å²) in [5.74, 6) is -0.391. The van der Waals surface area contributed by atoms with E-state index in [-0.39, 0.29) is 29.1 Å². The Morgan fingerprint density at radius 2 is 1.68 bits per heavy atom. The Morgan fingerprint density at radius 1 is 1.00 bits per heavy atom. The minimum absolute atomic E-state index is 0.0368. The molecule has 8 nitrogen and oxygen atoms in total. The summed E-state index contributed by atoms with van der Waals surface area (Å²) in [6, 6.07) is 20.7. The van der Waals surface area contributed by atoms with E-state index < -0.39 is 28.5 Å². The maximum atomic E-state index is 14.0. The summed E-state index contributed by atoms with van der Waals surface area (Å²) in [7, 11) is -2.67. The Morgan fingerprint density at radius 3 is 2.35 bits per heavy atom. The van der Waals surface area contributed by atoms with Crippen molar-refractivity contribution in [3.63, 3.8) is 0 Å². The Bertz CT molecular complexity index is 1430. The minimum Gasteiger partial charge on any atom is -0.497 e. The van der Waals surface area contributed by atoms with Gasteiger partial charge in [0, 0.05) is 23.7 Å². The maximum Gasteiger partial charge on any atom is 0.264 e. The van der Waals surface area contributed by atoms with Crippen LogP contribution in [0.3, 0.4) is 0 Å². The summed E-state index contributed by atoms with van der Waals surface area (Å²) in [6.07, 6.45) is 3.90. The van der Waals surface area contributed by atoms with Crippen molar-refractivity contribution in [1.82, 2.24) is 10.2 Å². The first kappa shape index (κ1) is 29.4. The molecule has 0 spiro atoms. The normalized spacial score (nSPS) is 14.4. The van der Waals surface area contributed by atoms with Crippen molar-refractivity contribution < 1.29 is 22.7 Å². The third-order valence-corrected chi connectivity index (χ3v) is 9.28. The van der Waals surface area contributed by atoms with Gasteiger partial charge in [-0.3, -0.25) is 13.9 Å². The van der Waals surface area contributed by atoms with E-state index in [1.165, 1.54) is 24.1 Å². The van der Waals surface area contributed by atoms with Crippen LogP contribution in [0.5, 0.6) is 5.75 Å². The molecular formula is C30H34ClN3O5S. The van der Waals surface area contributed by atoms with E-state index >= 15 is 0 Å². The van der Waals surface area contributed by atoms with Gasteiger partial charge >= 0.3 is 0 Å². The minimum atomic E-state index is -4.15. The number of nitrogens with zero attached hydrogens (tertiary/aromatic N) is 2. The van der Waals surface area contributed by atoms with Gasteiger partial charge in [0.15, 0.2) is 0 Å². The number of sulfonamides is 1. The Balaban J connectivity index is 1.70. The van der Waals surface area contributed by atoms with Crippen molar-refractivity contribution in [1.29, 1.82) is 0 Å². The highest BCUT2D eigenvalue weighted by molar-refractivity contribution is 7.92. The molecule has 1 aliphatic carbocycles. The maximum absolute atomic E-state index is 14.0. The van der Waals surface area contributed by atoms with Gasteiger partial charge in [-0.15, -0.1) is 0 Å². The van der Waals surface area contributed by atoms with Crippen LogP contribution < -0.4 is 14.4 Å². The van der Waals surface area contributed by atoms with Gasteiger partial charge in [0.05, 0.1) is 17.7 Å². The number of methoxy groups -OCH3 is 1. The average molecular weight is 584 g/mol. The van der Waals surface area contributed by atoms with Crippen LogP contribution in [0.25, 0.3) is 0 Å². The van der Waals surface area contributed by atoms with E-state index in [9.17, 15) is 18.0 Å². The van der Waals surface area contributed by atoms with Gasteiger partial charge in [-0.1, -0.05) is 66.9 Å². The molecule has 1 aliphatic rings. The second-order valence-electron chi connectivity index (χ2n) is 9.81. The molecular weight excluding hydrogens is 550 g/mol. The molecule has 10 heteroatoms. The van der Waals surface area contributed by atoms with Crippen LogP contribution in [0.1, 0.15) is 38.2 Å². The van der Waals surface area contributed by atoms with Crippen molar-refractivity contribution in [2.24, 2.45) is 0 Å². The molecule has 1 saturated carbocycles. The fraction of sp³-hybridized carbons (Fsp3) is 0.333. The molecule has 40 heavy (non-hydrogen) atoms. The van der Waals surface area contributed by atoms with Crippen LogP contribution in [0, 0.1) is 0 Å². The molecule has 1 fully saturated rings. The molecule has 0 heterocycles. The summed E-state index contributed by atoms with van der Waals surface area (Å²) < 4.78 is 34.1. The lowest BCUT2D eigenvalue weighted by Gasteiger charge is -2.32. The molecule has 4 rings (SSSR count). The topological polar surface area (TPSA) is 96.0 Å². The highest BCUT2D eigenvalue weighted by Gasteiger charge is 2.33. The van der Waals surface area contributed by atoms with Gasteiger partial charge in [-0.25, -0.2) is 8.42 Å². The van der Waals surface area contributed by atoms with Crippen molar-refractivity contribution in [2.45, 2.75) is 56.1 Å². The lowest BCUT2D eigenvalue weighted by Crippen LogP contribution is -2.52. The van der Waals surface area contributed by atoms with E-state index in [1.807, 2.05) is 0 Å².